The van der Waals surface area contributed by atoms with Gasteiger partial charge >= 0.3 is 0 Å². The van der Waals surface area contributed by atoms with Crippen LogP contribution in [0.25, 0.3) is 10.9 Å². The van der Waals surface area contributed by atoms with Crippen LogP contribution in [0.1, 0.15) is 35.8 Å². The molecule has 2 aromatic heterocycles. The highest BCUT2D eigenvalue weighted by Crippen LogP contribution is 2.33. The summed E-state index contributed by atoms with van der Waals surface area (Å²) in [6.07, 6.45) is 6.23. The molecule has 0 radical (unpaired) electrons. The lowest BCUT2D eigenvalue weighted by molar-refractivity contribution is 0.0917. The van der Waals surface area contributed by atoms with Crippen molar-refractivity contribution in [2.24, 2.45) is 0 Å². The Morgan fingerprint density at radius 2 is 1.92 bits per heavy atom. The van der Waals surface area contributed by atoms with Crippen molar-refractivity contribution in [1.82, 2.24) is 9.55 Å². The van der Waals surface area contributed by atoms with E-state index in [1.54, 1.807) is 6.20 Å². The maximum atomic E-state index is 13.2. The maximum absolute atomic E-state index is 13.2. The third-order valence-corrected chi connectivity index (χ3v) is 5.72. The second-order valence-electron chi connectivity index (χ2n) is 6.25. The van der Waals surface area contributed by atoms with Gasteiger partial charge in [0.05, 0.1) is 15.8 Å². The first-order valence-electron chi connectivity index (χ1n) is 8.49. The van der Waals surface area contributed by atoms with Crippen molar-refractivity contribution in [3.63, 3.8) is 0 Å². The van der Waals surface area contributed by atoms with Crippen molar-refractivity contribution in [1.29, 1.82) is 0 Å². The minimum absolute atomic E-state index is 0.157. The molecule has 3 nitrogen and oxygen atoms in total. The molecule has 1 atom stereocenters. The predicted octanol–water partition coefficient (Wildman–Crippen LogP) is 4.74. The van der Waals surface area contributed by atoms with E-state index in [0.717, 1.165) is 23.4 Å². The van der Waals surface area contributed by atoms with E-state index >= 15 is 0 Å². The molecule has 0 bridgehead atoms. The van der Waals surface area contributed by atoms with Gasteiger partial charge in [-0.25, -0.2) is 4.98 Å². The summed E-state index contributed by atoms with van der Waals surface area (Å²) >= 11 is 1.53. The molecule has 0 N–H and O–H groups in total. The van der Waals surface area contributed by atoms with E-state index in [2.05, 4.69) is 23.2 Å². The highest BCUT2D eigenvalue weighted by molar-refractivity contribution is 8.00. The predicted molar refractivity (Wildman–Crippen MR) is 98.8 cm³/mol. The number of hydrogen-bond acceptors (Lipinski definition) is 3. The van der Waals surface area contributed by atoms with E-state index < -0.39 is 0 Å². The second-order valence-corrected chi connectivity index (χ2v) is 7.61. The van der Waals surface area contributed by atoms with Crippen LogP contribution in [0.3, 0.4) is 0 Å². The molecule has 0 aliphatic heterocycles. The van der Waals surface area contributed by atoms with Gasteiger partial charge in [-0.1, -0.05) is 36.0 Å². The van der Waals surface area contributed by atoms with Gasteiger partial charge in [-0.05, 0) is 56.4 Å². The van der Waals surface area contributed by atoms with Gasteiger partial charge in [0.1, 0.15) is 0 Å². The van der Waals surface area contributed by atoms with Gasteiger partial charge in [-0.15, -0.1) is 0 Å². The molecule has 0 saturated heterocycles. The van der Waals surface area contributed by atoms with Crippen molar-refractivity contribution in [3.8, 4) is 0 Å². The van der Waals surface area contributed by atoms with Crippen molar-refractivity contribution in [2.45, 2.75) is 42.9 Å². The Morgan fingerprint density at radius 1 is 1.12 bits per heavy atom. The topological polar surface area (TPSA) is 34.9 Å². The van der Waals surface area contributed by atoms with Crippen molar-refractivity contribution < 1.29 is 4.79 Å². The normalized spacial score (nSPS) is 15.2. The van der Waals surface area contributed by atoms with Gasteiger partial charge in [0, 0.05) is 17.3 Å². The van der Waals surface area contributed by atoms with E-state index in [0.29, 0.717) is 0 Å². The van der Waals surface area contributed by atoms with Crippen LogP contribution in [-0.4, -0.2) is 20.7 Å². The second kappa shape index (κ2) is 6.44. The average Bonchev–Trinajstić information content (AvgIpc) is 2.96. The van der Waals surface area contributed by atoms with Gasteiger partial charge in [-0.3, -0.25) is 9.36 Å². The van der Waals surface area contributed by atoms with E-state index in [9.17, 15) is 4.79 Å². The molecule has 1 aromatic carbocycles. The van der Waals surface area contributed by atoms with Crippen LogP contribution >= 0.6 is 11.8 Å². The molecule has 2 heterocycles. The number of rotatable bonds is 3. The van der Waals surface area contributed by atoms with Crippen LogP contribution in [0.15, 0.2) is 53.7 Å². The third kappa shape index (κ3) is 2.65. The minimum atomic E-state index is -0.165. The van der Waals surface area contributed by atoms with E-state index in [1.165, 1.54) is 41.2 Å². The lowest BCUT2D eigenvalue weighted by Crippen LogP contribution is -2.24. The monoisotopic (exact) mass is 336 g/mol. The van der Waals surface area contributed by atoms with Crippen LogP contribution in [0, 0.1) is 0 Å². The first-order valence-corrected chi connectivity index (χ1v) is 9.37. The van der Waals surface area contributed by atoms with E-state index in [-0.39, 0.29) is 11.2 Å². The zero-order valence-electron chi connectivity index (χ0n) is 13.7. The molecule has 1 aliphatic carbocycles. The SMILES string of the molecule is CC(Sc1ccccn1)C(=O)n1c2c(c3ccccc31)CCCC2. The van der Waals surface area contributed by atoms with Crippen LogP contribution in [0.2, 0.25) is 0 Å². The number of thioether (sulfide) groups is 1. The molecule has 0 spiro atoms. The molecular weight excluding hydrogens is 316 g/mol. The van der Waals surface area contributed by atoms with Gasteiger partial charge in [0.25, 0.3) is 0 Å². The van der Waals surface area contributed by atoms with Gasteiger partial charge in [0.15, 0.2) is 0 Å². The van der Waals surface area contributed by atoms with E-state index in [4.69, 9.17) is 0 Å². The van der Waals surface area contributed by atoms with E-state index in [1.807, 2.05) is 35.8 Å². The zero-order valence-corrected chi connectivity index (χ0v) is 14.6. The standard InChI is InChI=1S/C20H20N2OS/c1-14(24-19-12-6-7-13-21-19)20(23)22-17-10-4-2-8-15(17)16-9-3-5-11-18(16)22/h2,4,6-8,10,12-14H,3,5,9,11H2,1H3. The maximum Gasteiger partial charge on any atom is 0.244 e. The molecule has 24 heavy (non-hydrogen) atoms. The smallest absolute Gasteiger partial charge is 0.244 e. The first kappa shape index (κ1) is 15.5. The number of pyridine rings is 1. The fourth-order valence-corrected chi connectivity index (χ4v) is 4.42. The number of nitrogens with zero attached hydrogens (tertiary/aromatic N) is 2. The lowest BCUT2D eigenvalue weighted by Gasteiger charge is -2.17. The summed E-state index contributed by atoms with van der Waals surface area (Å²) in [6, 6.07) is 14.1. The molecule has 1 aliphatic rings. The highest BCUT2D eigenvalue weighted by atomic mass is 32.2. The fraction of sp³-hybridized carbons (Fsp3) is 0.300. The lowest BCUT2D eigenvalue weighted by atomic mass is 9.95. The molecular formula is C20H20N2OS. The Balaban J connectivity index is 1.74. The Hall–Kier alpha value is -2.07. The summed E-state index contributed by atoms with van der Waals surface area (Å²) in [6.45, 7) is 1.98. The van der Waals surface area contributed by atoms with Crippen molar-refractivity contribution in [3.05, 3.63) is 59.9 Å². The summed E-state index contributed by atoms with van der Waals surface area (Å²) in [5.74, 6) is 0.157. The molecule has 4 heteroatoms. The zero-order chi connectivity index (χ0) is 16.5. The molecule has 0 saturated carbocycles. The van der Waals surface area contributed by atoms with Gasteiger partial charge in [-0.2, -0.15) is 0 Å². The highest BCUT2D eigenvalue weighted by Gasteiger charge is 2.26. The number of para-hydroxylation sites is 1. The van der Waals surface area contributed by atoms with Crippen LogP contribution in [-0.2, 0) is 12.8 Å². The Kier molecular flexibility index (Phi) is 4.15. The summed E-state index contributed by atoms with van der Waals surface area (Å²) < 4.78 is 1.98. The van der Waals surface area contributed by atoms with Crippen LogP contribution in [0.4, 0.5) is 0 Å². The number of aromatic nitrogens is 2. The summed E-state index contributed by atoms with van der Waals surface area (Å²) in [4.78, 5) is 17.5. The van der Waals surface area contributed by atoms with Gasteiger partial charge < -0.3 is 0 Å². The average molecular weight is 336 g/mol. The van der Waals surface area contributed by atoms with Crippen LogP contribution in [0.5, 0.6) is 0 Å². The molecule has 4 rings (SSSR count). The van der Waals surface area contributed by atoms with Crippen molar-refractivity contribution >= 4 is 28.6 Å². The quantitative estimate of drug-likeness (QED) is 0.648. The number of hydrogen-bond donors (Lipinski definition) is 0. The third-order valence-electron chi connectivity index (χ3n) is 4.68. The molecule has 122 valence electrons. The molecule has 3 aromatic rings. The first-order chi connectivity index (χ1) is 11.8. The number of carbonyl (C=O) groups is 1. The molecule has 0 fully saturated rings. The molecule has 0 amide bonds. The Morgan fingerprint density at radius 3 is 2.75 bits per heavy atom. The largest absolute Gasteiger partial charge is 0.283 e. The number of fused-ring (bicyclic) bond motifs is 3. The van der Waals surface area contributed by atoms with Gasteiger partial charge in [0.2, 0.25) is 5.91 Å². The Labute approximate surface area is 146 Å². The summed E-state index contributed by atoms with van der Waals surface area (Å²) in [5.41, 5.74) is 3.66. The molecule has 1 unspecified atom stereocenters. The van der Waals surface area contributed by atoms with Crippen molar-refractivity contribution in [2.75, 3.05) is 0 Å². The summed E-state index contributed by atoms with van der Waals surface area (Å²) in [7, 11) is 0. The van der Waals surface area contributed by atoms with Crippen LogP contribution < -0.4 is 0 Å². The minimum Gasteiger partial charge on any atom is -0.283 e. The number of benzene rings is 1. The number of aryl methyl sites for hydroxylation is 1. The summed E-state index contributed by atoms with van der Waals surface area (Å²) in [5, 5.41) is 1.97. The Bertz CT molecular complexity index is 885. The number of carbonyl (C=O) groups excluding carboxylic acids is 1. The fourth-order valence-electron chi connectivity index (χ4n) is 3.58.